The molecule has 4 nitrogen and oxygen atoms in total. The lowest BCUT2D eigenvalue weighted by Gasteiger charge is -2.40. The van der Waals surface area contributed by atoms with E-state index < -0.39 is 0 Å². The molecule has 1 saturated heterocycles. The van der Waals surface area contributed by atoms with Crippen LogP contribution in [0, 0.1) is 0 Å². The van der Waals surface area contributed by atoms with Crippen LogP contribution in [0.4, 0.5) is 5.00 Å². The lowest BCUT2D eigenvalue weighted by Crippen LogP contribution is -2.47. The molecular formula is C31H32ClN3OS. The zero-order valence-corrected chi connectivity index (χ0v) is 22.6. The molecule has 1 fully saturated rings. The zero-order valence-electron chi connectivity index (χ0n) is 21.1. The van der Waals surface area contributed by atoms with Crippen molar-refractivity contribution in [1.29, 1.82) is 0 Å². The highest BCUT2D eigenvalue weighted by molar-refractivity contribution is 7.16. The minimum atomic E-state index is -0.0751. The molecule has 0 saturated carbocycles. The van der Waals surface area contributed by atoms with E-state index >= 15 is 0 Å². The summed E-state index contributed by atoms with van der Waals surface area (Å²) < 4.78 is 0. The van der Waals surface area contributed by atoms with E-state index in [2.05, 4.69) is 70.6 Å². The third kappa shape index (κ3) is 6.31. The number of hydrogen-bond donors (Lipinski definition) is 1. The Morgan fingerprint density at radius 2 is 1.57 bits per heavy atom. The fraction of sp³-hybridized carbons (Fsp3) is 0.258. The van der Waals surface area contributed by atoms with E-state index in [9.17, 15) is 4.79 Å². The van der Waals surface area contributed by atoms with Crippen molar-refractivity contribution in [2.45, 2.75) is 25.9 Å². The number of thiophene rings is 1. The number of nitrogens with zero attached hydrogens (tertiary/aromatic N) is 2. The molecule has 3 aromatic carbocycles. The molecule has 4 aromatic rings. The normalized spacial score (nSPS) is 15.4. The Kier molecular flexibility index (Phi) is 8.37. The van der Waals surface area contributed by atoms with E-state index in [-0.39, 0.29) is 11.9 Å². The number of benzene rings is 3. The van der Waals surface area contributed by atoms with Crippen LogP contribution in [0.1, 0.15) is 44.9 Å². The average molecular weight is 530 g/mol. The topological polar surface area (TPSA) is 35.6 Å². The van der Waals surface area contributed by atoms with Crippen molar-refractivity contribution in [2.75, 3.05) is 31.5 Å². The van der Waals surface area contributed by atoms with Gasteiger partial charge in [-0.25, -0.2) is 0 Å². The highest BCUT2D eigenvalue weighted by Gasteiger charge is 2.30. The lowest BCUT2D eigenvalue weighted by atomic mass is 9.97. The monoisotopic (exact) mass is 529 g/mol. The molecule has 2 heterocycles. The number of hydrogen-bond acceptors (Lipinski definition) is 4. The van der Waals surface area contributed by atoms with Gasteiger partial charge in [0.15, 0.2) is 0 Å². The molecule has 1 aliphatic heterocycles. The quantitative estimate of drug-likeness (QED) is 0.264. The first-order chi connectivity index (χ1) is 18.1. The van der Waals surface area contributed by atoms with Crippen LogP contribution in [0.25, 0.3) is 0 Å². The fourth-order valence-corrected chi connectivity index (χ4v) is 6.10. The Morgan fingerprint density at radius 3 is 2.22 bits per heavy atom. The summed E-state index contributed by atoms with van der Waals surface area (Å²) in [5.74, 6) is -0.0751. The van der Waals surface area contributed by atoms with Crippen molar-refractivity contribution in [3.63, 3.8) is 0 Å². The molecule has 37 heavy (non-hydrogen) atoms. The molecule has 0 spiro atoms. The summed E-state index contributed by atoms with van der Waals surface area (Å²) in [6.45, 7) is 7.02. The van der Waals surface area contributed by atoms with Gasteiger partial charge in [-0.2, -0.15) is 0 Å². The van der Waals surface area contributed by atoms with Crippen LogP contribution >= 0.6 is 22.9 Å². The molecule has 1 aromatic heterocycles. The maximum atomic E-state index is 13.1. The summed E-state index contributed by atoms with van der Waals surface area (Å²) in [7, 11) is 0. The number of halogens is 1. The van der Waals surface area contributed by atoms with Crippen LogP contribution in [-0.4, -0.2) is 41.9 Å². The second-order valence-electron chi connectivity index (χ2n) is 9.42. The molecule has 5 rings (SSSR count). The maximum absolute atomic E-state index is 13.1. The molecule has 0 bridgehead atoms. The van der Waals surface area contributed by atoms with Gasteiger partial charge in [-0.05, 0) is 47.9 Å². The number of nitrogens with one attached hydrogen (secondary N) is 1. The fourth-order valence-electron chi connectivity index (χ4n) is 4.95. The predicted octanol–water partition coefficient (Wildman–Crippen LogP) is 7.12. The summed E-state index contributed by atoms with van der Waals surface area (Å²) in [6, 6.07) is 30.6. The van der Waals surface area contributed by atoms with E-state index in [1.54, 1.807) is 11.3 Å². The summed E-state index contributed by atoms with van der Waals surface area (Å²) in [5, 5.41) is 4.90. The number of carbonyl (C=O) groups is 1. The molecular weight excluding hydrogens is 498 g/mol. The third-order valence-corrected chi connectivity index (χ3v) is 8.39. The molecule has 0 aliphatic carbocycles. The number of anilines is 1. The van der Waals surface area contributed by atoms with E-state index in [0.29, 0.717) is 5.56 Å². The molecule has 1 aliphatic rings. The Labute approximate surface area is 228 Å². The first-order valence-corrected chi connectivity index (χ1v) is 14.0. The SMILES string of the molecule is CCc1cc([C@@H](c2ccc(Cl)cc2)N2CCN(Cc3ccccc3)CC2)c(NC(=O)c2ccccc2)s1. The largest absolute Gasteiger partial charge is 0.313 e. The predicted molar refractivity (Wildman–Crippen MR) is 155 cm³/mol. The third-order valence-electron chi connectivity index (χ3n) is 6.92. The van der Waals surface area contributed by atoms with E-state index in [1.165, 1.54) is 16.0 Å². The van der Waals surface area contributed by atoms with Gasteiger partial charge in [0.2, 0.25) is 0 Å². The lowest BCUT2D eigenvalue weighted by molar-refractivity contribution is 0.102. The van der Waals surface area contributed by atoms with Gasteiger partial charge in [0, 0.05) is 53.8 Å². The minimum absolute atomic E-state index is 0.0405. The van der Waals surface area contributed by atoms with Crippen LogP contribution in [0.2, 0.25) is 5.02 Å². The van der Waals surface area contributed by atoms with Crippen LogP contribution < -0.4 is 5.32 Å². The second-order valence-corrected chi connectivity index (χ2v) is 11.0. The van der Waals surface area contributed by atoms with Gasteiger partial charge in [0.25, 0.3) is 5.91 Å². The Bertz CT molecular complexity index is 1300. The van der Waals surface area contributed by atoms with Gasteiger partial charge >= 0.3 is 0 Å². The Balaban J connectivity index is 1.42. The van der Waals surface area contributed by atoms with Crippen molar-refractivity contribution in [3.05, 3.63) is 123 Å². The van der Waals surface area contributed by atoms with E-state index in [1.807, 2.05) is 42.5 Å². The van der Waals surface area contributed by atoms with Crippen LogP contribution in [0.15, 0.2) is 91.0 Å². The van der Waals surface area contributed by atoms with Gasteiger partial charge in [-0.1, -0.05) is 79.2 Å². The number of amides is 1. The van der Waals surface area contributed by atoms with Gasteiger partial charge in [0.1, 0.15) is 5.00 Å². The smallest absolute Gasteiger partial charge is 0.256 e. The summed E-state index contributed by atoms with van der Waals surface area (Å²) in [6.07, 6.45) is 0.928. The van der Waals surface area contributed by atoms with Crippen molar-refractivity contribution in [1.82, 2.24) is 9.80 Å². The Morgan fingerprint density at radius 1 is 0.919 bits per heavy atom. The van der Waals surface area contributed by atoms with Gasteiger partial charge in [0.05, 0.1) is 6.04 Å². The van der Waals surface area contributed by atoms with Crippen molar-refractivity contribution in [2.24, 2.45) is 0 Å². The molecule has 0 radical (unpaired) electrons. The molecule has 6 heteroatoms. The molecule has 0 unspecified atom stereocenters. The minimum Gasteiger partial charge on any atom is -0.313 e. The second kappa shape index (κ2) is 12.1. The summed E-state index contributed by atoms with van der Waals surface area (Å²) in [5.41, 5.74) is 4.36. The Hall–Kier alpha value is -2.96. The number of aryl methyl sites for hydroxylation is 1. The van der Waals surface area contributed by atoms with Crippen molar-refractivity contribution < 1.29 is 4.79 Å². The first kappa shape index (κ1) is 25.7. The molecule has 1 atom stereocenters. The number of rotatable bonds is 8. The number of piperazine rings is 1. The summed E-state index contributed by atoms with van der Waals surface area (Å²) >= 11 is 7.94. The van der Waals surface area contributed by atoms with E-state index in [0.717, 1.165) is 54.7 Å². The highest BCUT2D eigenvalue weighted by atomic mass is 35.5. The zero-order chi connectivity index (χ0) is 25.6. The van der Waals surface area contributed by atoms with Crippen LogP contribution in [-0.2, 0) is 13.0 Å². The van der Waals surface area contributed by atoms with Crippen LogP contribution in [0.5, 0.6) is 0 Å². The van der Waals surface area contributed by atoms with Gasteiger partial charge in [-0.3, -0.25) is 14.6 Å². The standard InChI is InChI=1S/C31H32ClN3OS/c1-2-27-21-28(31(37-27)33-30(36)25-11-7-4-8-12-25)29(24-13-15-26(32)16-14-24)35-19-17-34(18-20-35)22-23-9-5-3-6-10-23/h3-16,21,29H,2,17-20,22H2,1H3,(H,33,36)/t29-/m1/s1. The molecule has 190 valence electrons. The van der Waals surface area contributed by atoms with Gasteiger partial charge in [-0.15, -0.1) is 11.3 Å². The number of carbonyl (C=O) groups excluding carboxylic acids is 1. The van der Waals surface area contributed by atoms with Gasteiger partial charge < -0.3 is 5.32 Å². The van der Waals surface area contributed by atoms with Crippen LogP contribution in [0.3, 0.4) is 0 Å². The van der Waals surface area contributed by atoms with E-state index in [4.69, 9.17) is 11.6 Å². The summed E-state index contributed by atoms with van der Waals surface area (Å²) in [4.78, 5) is 19.5. The maximum Gasteiger partial charge on any atom is 0.256 e. The van der Waals surface area contributed by atoms with Crippen molar-refractivity contribution in [3.8, 4) is 0 Å². The molecule has 1 amide bonds. The molecule has 1 N–H and O–H groups in total. The first-order valence-electron chi connectivity index (χ1n) is 12.9. The van der Waals surface area contributed by atoms with Crippen molar-refractivity contribution >= 4 is 33.8 Å². The average Bonchev–Trinajstić information content (AvgIpc) is 3.34. The highest BCUT2D eigenvalue weighted by Crippen LogP contribution is 2.40.